The van der Waals surface area contributed by atoms with Crippen LogP contribution in [0.15, 0.2) is 30.4 Å². The lowest BCUT2D eigenvalue weighted by atomic mass is 9.78. The topological polar surface area (TPSA) is 0 Å². The molecule has 2 aliphatic carbocycles. The summed E-state index contributed by atoms with van der Waals surface area (Å²) < 4.78 is 65.3. The summed E-state index contributed by atoms with van der Waals surface area (Å²) in [5, 5.41) is 0. The molecule has 3 rings (SSSR count). The smallest absolute Gasteiger partial charge is 0.206 e. The zero-order valence-electron chi connectivity index (χ0n) is 18.2. The first-order chi connectivity index (χ1) is 14.7. The molecule has 0 nitrogen and oxygen atoms in total. The van der Waals surface area contributed by atoms with E-state index in [1.165, 1.54) is 44.2 Å². The van der Waals surface area contributed by atoms with Gasteiger partial charge >= 0.3 is 6.18 Å². The van der Waals surface area contributed by atoms with Gasteiger partial charge in [-0.15, -0.1) is 0 Å². The standard InChI is InChI=1S/C26H33F5/c1-18-6-8-19(9-7-18)4-2-3-5-20-10-12-21(13-11-20)22-16-24(27)23(25(28)17-22)14-15-26(29,30)31/h3,5,14-21H,2,4,6-13H2,1H3/b5-3+,15-14+. The van der Waals surface area contributed by atoms with Crippen molar-refractivity contribution in [2.75, 3.05) is 0 Å². The molecule has 0 unspecified atom stereocenters. The maximum absolute atomic E-state index is 14.2. The number of rotatable bonds is 6. The lowest BCUT2D eigenvalue weighted by Crippen LogP contribution is -2.13. The highest BCUT2D eigenvalue weighted by Gasteiger charge is 2.25. The molecule has 0 heterocycles. The van der Waals surface area contributed by atoms with Crippen molar-refractivity contribution in [3.8, 4) is 0 Å². The molecule has 1 aromatic rings. The average Bonchev–Trinajstić information content (AvgIpc) is 2.71. The fourth-order valence-corrected chi connectivity index (χ4v) is 5.06. The van der Waals surface area contributed by atoms with Gasteiger partial charge < -0.3 is 0 Å². The molecule has 0 bridgehead atoms. The van der Waals surface area contributed by atoms with Crippen LogP contribution >= 0.6 is 0 Å². The van der Waals surface area contributed by atoms with E-state index in [1.807, 2.05) is 0 Å². The zero-order valence-corrected chi connectivity index (χ0v) is 18.2. The Balaban J connectivity index is 1.47. The van der Waals surface area contributed by atoms with Crippen molar-refractivity contribution in [1.29, 1.82) is 0 Å². The number of hydrogen-bond donors (Lipinski definition) is 0. The van der Waals surface area contributed by atoms with E-state index in [-0.39, 0.29) is 12.0 Å². The van der Waals surface area contributed by atoms with Gasteiger partial charge in [-0.05, 0) is 86.0 Å². The largest absolute Gasteiger partial charge is 0.409 e. The van der Waals surface area contributed by atoms with Crippen molar-refractivity contribution in [3.63, 3.8) is 0 Å². The monoisotopic (exact) mass is 440 g/mol. The van der Waals surface area contributed by atoms with Gasteiger partial charge in [0.1, 0.15) is 11.6 Å². The van der Waals surface area contributed by atoms with E-state index in [2.05, 4.69) is 19.1 Å². The highest BCUT2D eigenvalue weighted by atomic mass is 19.4. The molecule has 5 heteroatoms. The Morgan fingerprint density at radius 2 is 1.52 bits per heavy atom. The first-order valence-electron chi connectivity index (χ1n) is 11.6. The Morgan fingerprint density at radius 3 is 2.10 bits per heavy atom. The Bertz CT molecular complexity index is 737. The second-order valence-electron chi connectivity index (χ2n) is 9.52. The molecule has 172 valence electrons. The number of alkyl halides is 3. The lowest BCUT2D eigenvalue weighted by molar-refractivity contribution is -0.0790. The molecule has 0 spiro atoms. The summed E-state index contributed by atoms with van der Waals surface area (Å²) in [7, 11) is 0. The Morgan fingerprint density at radius 1 is 0.903 bits per heavy atom. The molecule has 2 aliphatic rings. The summed E-state index contributed by atoms with van der Waals surface area (Å²) in [6, 6.07) is 2.40. The summed E-state index contributed by atoms with van der Waals surface area (Å²) in [4.78, 5) is 0. The van der Waals surface area contributed by atoms with Crippen LogP contribution < -0.4 is 0 Å². The van der Waals surface area contributed by atoms with Crippen LogP contribution in [0.5, 0.6) is 0 Å². The molecule has 0 radical (unpaired) electrons. The summed E-state index contributed by atoms with van der Waals surface area (Å²) >= 11 is 0. The molecule has 0 aliphatic heterocycles. The van der Waals surface area contributed by atoms with Crippen LogP contribution in [0.25, 0.3) is 6.08 Å². The molecule has 0 saturated heterocycles. The van der Waals surface area contributed by atoms with Crippen LogP contribution in [0.3, 0.4) is 0 Å². The summed E-state index contributed by atoms with van der Waals surface area (Å²) in [6.07, 6.45) is 11.8. The average molecular weight is 441 g/mol. The Kier molecular flexibility index (Phi) is 8.35. The normalized spacial score (nSPS) is 27.9. The molecule has 31 heavy (non-hydrogen) atoms. The maximum Gasteiger partial charge on any atom is 0.409 e. The zero-order chi connectivity index (χ0) is 22.4. The van der Waals surface area contributed by atoms with Gasteiger partial charge in [-0.1, -0.05) is 44.8 Å². The Labute approximate surface area is 182 Å². The van der Waals surface area contributed by atoms with Crippen LogP contribution in [0.4, 0.5) is 22.0 Å². The van der Waals surface area contributed by atoms with E-state index in [0.29, 0.717) is 17.6 Å². The van der Waals surface area contributed by atoms with Crippen molar-refractivity contribution in [2.45, 2.75) is 83.2 Å². The predicted octanol–water partition coefficient (Wildman–Crippen LogP) is 8.98. The first kappa shape index (κ1) is 24.0. The number of hydrogen-bond acceptors (Lipinski definition) is 0. The molecule has 2 fully saturated rings. The lowest BCUT2D eigenvalue weighted by Gasteiger charge is -2.27. The molecular formula is C26H33F5. The molecule has 1 aromatic carbocycles. The third-order valence-electron chi connectivity index (χ3n) is 7.07. The van der Waals surface area contributed by atoms with Gasteiger partial charge in [-0.3, -0.25) is 0 Å². The van der Waals surface area contributed by atoms with E-state index >= 15 is 0 Å². The highest BCUT2D eigenvalue weighted by Crippen LogP contribution is 2.38. The minimum atomic E-state index is -4.60. The van der Waals surface area contributed by atoms with Crippen LogP contribution in [-0.4, -0.2) is 6.18 Å². The molecule has 0 N–H and O–H groups in total. The van der Waals surface area contributed by atoms with Crippen LogP contribution in [0.1, 0.15) is 88.2 Å². The summed E-state index contributed by atoms with van der Waals surface area (Å²) in [5.74, 6) is 0.445. The number of benzene rings is 1. The third-order valence-corrected chi connectivity index (χ3v) is 7.07. The second kappa shape index (κ2) is 10.8. The van der Waals surface area contributed by atoms with E-state index in [9.17, 15) is 22.0 Å². The molecular weight excluding hydrogens is 407 g/mol. The fraction of sp³-hybridized carbons (Fsp3) is 0.615. The second-order valence-corrected chi connectivity index (χ2v) is 9.52. The van der Waals surface area contributed by atoms with Crippen molar-refractivity contribution < 1.29 is 22.0 Å². The van der Waals surface area contributed by atoms with Crippen LogP contribution in [0, 0.1) is 29.4 Å². The van der Waals surface area contributed by atoms with Gasteiger partial charge in [0.05, 0.1) is 0 Å². The van der Waals surface area contributed by atoms with Gasteiger partial charge in [-0.2, -0.15) is 13.2 Å². The van der Waals surface area contributed by atoms with Gasteiger partial charge in [0, 0.05) is 11.6 Å². The van der Waals surface area contributed by atoms with E-state index in [1.54, 1.807) is 0 Å². The van der Waals surface area contributed by atoms with Gasteiger partial charge in [0.2, 0.25) is 0 Å². The summed E-state index contributed by atoms with van der Waals surface area (Å²) in [5.41, 5.74) is -0.0850. The predicted molar refractivity (Wildman–Crippen MR) is 116 cm³/mol. The summed E-state index contributed by atoms with van der Waals surface area (Å²) in [6.45, 7) is 2.34. The maximum atomic E-state index is 14.2. The highest BCUT2D eigenvalue weighted by molar-refractivity contribution is 5.52. The van der Waals surface area contributed by atoms with Crippen molar-refractivity contribution in [1.82, 2.24) is 0 Å². The molecule has 0 aromatic heterocycles. The SMILES string of the molecule is CC1CCC(CC/C=C/C2CCC(c3cc(F)c(/C=C/C(F)(F)F)c(F)c3)CC2)CC1. The minimum absolute atomic E-state index is 0.0542. The van der Waals surface area contributed by atoms with Gasteiger partial charge in [0.25, 0.3) is 0 Å². The van der Waals surface area contributed by atoms with Crippen molar-refractivity contribution >= 4 is 6.08 Å². The number of allylic oxidation sites excluding steroid dienone is 3. The van der Waals surface area contributed by atoms with Gasteiger partial charge in [-0.25, -0.2) is 8.78 Å². The van der Waals surface area contributed by atoms with Crippen LogP contribution in [0.2, 0.25) is 0 Å². The Hall–Kier alpha value is -1.65. The van der Waals surface area contributed by atoms with E-state index in [4.69, 9.17) is 0 Å². The minimum Gasteiger partial charge on any atom is -0.206 e. The first-order valence-corrected chi connectivity index (χ1v) is 11.6. The molecule has 2 saturated carbocycles. The van der Waals surface area contributed by atoms with E-state index < -0.39 is 23.4 Å². The quantitative estimate of drug-likeness (QED) is 0.306. The van der Waals surface area contributed by atoms with E-state index in [0.717, 1.165) is 43.9 Å². The number of halogens is 5. The third kappa shape index (κ3) is 7.47. The molecule has 0 atom stereocenters. The van der Waals surface area contributed by atoms with Crippen molar-refractivity contribution in [3.05, 3.63) is 53.1 Å². The van der Waals surface area contributed by atoms with Crippen molar-refractivity contribution in [2.24, 2.45) is 17.8 Å². The fourth-order valence-electron chi connectivity index (χ4n) is 5.06. The molecule has 0 amide bonds. The van der Waals surface area contributed by atoms with Crippen LogP contribution in [-0.2, 0) is 0 Å². The van der Waals surface area contributed by atoms with Gasteiger partial charge in [0.15, 0.2) is 0 Å².